The Morgan fingerprint density at radius 1 is 0.577 bits per heavy atom. The Morgan fingerprint density at radius 2 is 0.962 bits per heavy atom. The summed E-state index contributed by atoms with van der Waals surface area (Å²) < 4.78 is 66.7. The first-order chi connectivity index (χ1) is 24.6. The number of amides is 4. The quantitative estimate of drug-likeness (QED) is 0.148. The number of rotatable bonds is 6. The predicted octanol–water partition coefficient (Wildman–Crippen LogP) is 4.66. The van der Waals surface area contributed by atoms with Crippen molar-refractivity contribution in [3.05, 3.63) is 140 Å². The van der Waals surface area contributed by atoms with E-state index in [0.717, 1.165) is 12.2 Å². The van der Waals surface area contributed by atoms with E-state index < -0.39 is 47.9 Å². The van der Waals surface area contributed by atoms with Crippen LogP contribution in [0.1, 0.15) is 43.0 Å². The van der Waals surface area contributed by atoms with Gasteiger partial charge in [0.05, 0.1) is 21.2 Å². The summed E-state index contributed by atoms with van der Waals surface area (Å²) in [6.45, 7) is 0. The largest absolute Gasteiger partial charge is 0.507 e. The van der Waals surface area contributed by atoms with Gasteiger partial charge in [0, 0.05) is 46.5 Å². The molecule has 0 bridgehead atoms. The zero-order valence-corrected chi connectivity index (χ0v) is 28.1. The monoisotopic (exact) mass is 742 g/mol. The van der Waals surface area contributed by atoms with Crippen LogP contribution in [0.4, 0.5) is 16.2 Å². The Labute approximate surface area is 295 Å². The van der Waals surface area contributed by atoms with Crippen molar-refractivity contribution < 1.29 is 50.5 Å². The number of carbonyl (C=O) groups is 3. The molecule has 0 radical (unpaired) electrons. The molecule has 17 heteroatoms. The zero-order valence-electron chi connectivity index (χ0n) is 26.5. The molecule has 2 aliphatic rings. The highest BCUT2D eigenvalue weighted by atomic mass is 32.2. The fraction of sp³-hybridized carbons (Fsp3) is 0.0571. The first kappa shape index (κ1) is 35.6. The van der Waals surface area contributed by atoms with Gasteiger partial charge in [-0.1, -0.05) is 36.4 Å². The van der Waals surface area contributed by atoms with Crippen molar-refractivity contribution in [3.8, 4) is 11.5 Å². The highest BCUT2D eigenvalue weighted by Gasteiger charge is 2.28. The lowest BCUT2D eigenvalue weighted by atomic mass is 9.94. The molecule has 4 aromatic carbocycles. The molecule has 264 valence electrons. The van der Waals surface area contributed by atoms with E-state index in [2.05, 4.69) is 20.6 Å². The number of hydrogen-bond acceptors (Lipinski definition) is 9. The number of nitrogens with zero attached hydrogens (tertiary/aromatic N) is 2. The van der Waals surface area contributed by atoms with Crippen LogP contribution >= 0.6 is 0 Å². The lowest BCUT2D eigenvalue weighted by Crippen LogP contribution is -2.20. The molecular weight excluding hydrogens is 717 g/mol. The summed E-state index contributed by atoms with van der Waals surface area (Å²) in [7, 11) is -9.25. The van der Waals surface area contributed by atoms with Gasteiger partial charge in [-0.3, -0.25) is 18.7 Å². The topological polar surface area (TPSA) is 249 Å². The smallest absolute Gasteiger partial charge is 0.323 e. The van der Waals surface area contributed by atoms with Crippen LogP contribution in [0.5, 0.6) is 11.5 Å². The Kier molecular flexibility index (Phi) is 9.44. The third-order valence-corrected chi connectivity index (χ3v) is 9.79. The van der Waals surface area contributed by atoms with Gasteiger partial charge in [-0.15, -0.1) is 0 Å². The average Bonchev–Trinajstić information content (AvgIpc) is 3.07. The minimum absolute atomic E-state index is 0.0112. The molecule has 0 saturated carbocycles. The maximum atomic E-state index is 13.2. The first-order valence-corrected chi connectivity index (χ1v) is 18.0. The zero-order chi connectivity index (χ0) is 37.4. The van der Waals surface area contributed by atoms with Crippen molar-refractivity contribution >= 4 is 60.9 Å². The molecule has 0 atom stereocenters. The van der Waals surface area contributed by atoms with Crippen LogP contribution in [-0.2, 0) is 33.1 Å². The van der Waals surface area contributed by atoms with Crippen LogP contribution < -0.4 is 10.6 Å². The van der Waals surface area contributed by atoms with Crippen molar-refractivity contribution in [2.75, 3.05) is 10.6 Å². The molecule has 2 aliphatic carbocycles. The molecule has 0 aromatic heterocycles. The highest BCUT2D eigenvalue weighted by molar-refractivity contribution is 7.90. The molecule has 4 aromatic rings. The molecule has 0 aliphatic heterocycles. The predicted molar refractivity (Wildman–Crippen MR) is 190 cm³/mol. The second-order valence-electron chi connectivity index (χ2n) is 11.5. The van der Waals surface area contributed by atoms with E-state index in [4.69, 9.17) is 0 Å². The Bertz CT molecular complexity index is 2380. The minimum Gasteiger partial charge on any atom is -0.507 e. The minimum atomic E-state index is -4.63. The van der Waals surface area contributed by atoms with Gasteiger partial charge >= 0.3 is 6.03 Å². The van der Waals surface area contributed by atoms with Gasteiger partial charge in [0.15, 0.2) is 0 Å². The summed E-state index contributed by atoms with van der Waals surface area (Å²) in [5.74, 6) is -2.19. The third kappa shape index (κ3) is 7.72. The van der Waals surface area contributed by atoms with Crippen LogP contribution in [0.2, 0.25) is 0 Å². The molecule has 0 fully saturated rings. The standard InChI is InChI=1S/C35H26N4O11S2/c40-29-11-3-5-19-15-25(51(45,46)47)17-27(31(19)29)38-33(42)21-7-1-9-23(13-21)36-35(44)37-24-10-2-8-22(14-24)34(43)39-28-18-26(52(48,49)50)16-20-6-4-12-30(41)32(20)28/h1-14,17-18,40-41H,15-16H2,(H2,36,37,44)(H,45,46,47)(H,48,49,50). The summed E-state index contributed by atoms with van der Waals surface area (Å²) in [5.41, 5.74) is 0.822. The van der Waals surface area contributed by atoms with Crippen molar-refractivity contribution in [1.82, 2.24) is 0 Å². The number of anilines is 2. The number of nitrogens with one attached hydrogen (secondary N) is 2. The molecule has 0 spiro atoms. The maximum absolute atomic E-state index is 13.2. The Morgan fingerprint density at radius 3 is 1.35 bits per heavy atom. The molecule has 6 rings (SSSR count). The highest BCUT2D eigenvalue weighted by Crippen LogP contribution is 2.32. The van der Waals surface area contributed by atoms with Crippen LogP contribution in [0.15, 0.2) is 117 Å². The van der Waals surface area contributed by atoms with Crippen LogP contribution in [0.3, 0.4) is 0 Å². The van der Waals surface area contributed by atoms with E-state index in [9.17, 15) is 50.5 Å². The molecule has 0 unspecified atom stereocenters. The average molecular weight is 743 g/mol. The first-order valence-electron chi connectivity index (χ1n) is 15.1. The van der Waals surface area contributed by atoms with Crippen molar-refractivity contribution in [2.24, 2.45) is 9.98 Å². The molecule has 15 nitrogen and oxygen atoms in total. The SMILES string of the molecule is O=C(Nc1cccc(C(=O)N=C2C=C(S(=O)(=O)O)Cc3cccc(O)c32)c1)Nc1cccc(C(=O)N=C2C=C(S(=O)(=O)O)Cc3cccc(O)c32)c1. The summed E-state index contributed by atoms with van der Waals surface area (Å²) in [6, 6.07) is 19.2. The number of hydrogen-bond donors (Lipinski definition) is 6. The van der Waals surface area contributed by atoms with Crippen LogP contribution in [-0.4, -0.2) is 65.4 Å². The van der Waals surface area contributed by atoms with E-state index in [0.29, 0.717) is 11.1 Å². The van der Waals surface area contributed by atoms with E-state index in [1.807, 2.05) is 0 Å². The van der Waals surface area contributed by atoms with E-state index >= 15 is 0 Å². The molecule has 0 heterocycles. The second kappa shape index (κ2) is 13.8. The van der Waals surface area contributed by atoms with Gasteiger partial charge in [-0.05, 0) is 71.8 Å². The lowest BCUT2D eigenvalue weighted by Gasteiger charge is -2.18. The third-order valence-electron chi connectivity index (χ3n) is 7.94. The number of aliphatic imine (C=N–C) groups is 2. The maximum Gasteiger partial charge on any atom is 0.323 e. The molecule has 0 saturated heterocycles. The fourth-order valence-corrected chi connectivity index (χ4v) is 6.79. The van der Waals surface area contributed by atoms with Gasteiger partial charge in [-0.25, -0.2) is 14.8 Å². The summed E-state index contributed by atoms with van der Waals surface area (Å²) in [6.07, 6.45) is 1.57. The number of carbonyl (C=O) groups excluding carboxylic acids is 3. The lowest BCUT2D eigenvalue weighted by molar-refractivity contribution is 0.0995. The van der Waals surface area contributed by atoms with E-state index in [-0.39, 0.29) is 69.4 Å². The van der Waals surface area contributed by atoms with Crippen molar-refractivity contribution in [2.45, 2.75) is 12.8 Å². The van der Waals surface area contributed by atoms with Crippen LogP contribution in [0, 0.1) is 0 Å². The second-order valence-corrected chi connectivity index (χ2v) is 14.4. The van der Waals surface area contributed by atoms with Gasteiger partial charge in [0.25, 0.3) is 32.1 Å². The molecule has 52 heavy (non-hydrogen) atoms. The number of benzene rings is 4. The Balaban J connectivity index is 1.20. The number of phenols is 2. The van der Waals surface area contributed by atoms with Gasteiger partial charge in [-0.2, -0.15) is 16.8 Å². The van der Waals surface area contributed by atoms with Crippen molar-refractivity contribution in [3.63, 3.8) is 0 Å². The molecule has 6 N–H and O–H groups in total. The molecular formula is C35H26N4O11S2. The summed E-state index contributed by atoms with van der Waals surface area (Å²) in [4.78, 5) is 46.4. The van der Waals surface area contributed by atoms with Gasteiger partial charge in [0.1, 0.15) is 11.5 Å². The normalized spacial score (nSPS) is 15.6. The van der Waals surface area contributed by atoms with E-state index in [1.54, 1.807) is 0 Å². The Hall–Kier alpha value is -6.27. The van der Waals surface area contributed by atoms with E-state index in [1.165, 1.54) is 84.9 Å². The number of fused-ring (bicyclic) bond motifs is 2. The number of phenolic OH excluding ortho intramolecular Hbond substituents is 2. The summed E-state index contributed by atoms with van der Waals surface area (Å²) >= 11 is 0. The molecule has 4 amide bonds. The van der Waals surface area contributed by atoms with Gasteiger partial charge < -0.3 is 20.8 Å². The van der Waals surface area contributed by atoms with Crippen LogP contribution in [0.25, 0.3) is 0 Å². The van der Waals surface area contributed by atoms with Crippen molar-refractivity contribution in [1.29, 1.82) is 0 Å². The number of aromatic hydroxyl groups is 2. The fourth-order valence-electron chi connectivity index (χ4n) is 5.60. The number of urea groups is 1. The number of allylic oxidation sites excluding steroid dienone is 4. The summed E-state index contributed by atoms with van der Waals surface area (Å²) in [5, 5.41) is 25.9. The van der Waals surface area contributed by atoms with Gasteiger partial charge in [0.2, 0.25) is 0 Å².